The number of rotatable bonds is 3. The minimum Gasteiger partial charge on any atom is -0.341 e. The van der Waals surface area contributed by atoms with Gasteiger partial charge in [-0.25, -0.2) is 0 Å². The Hall–Kier alpha value is -1.35. The Bertz CT molecular complexity index is 364. The van der Waals surface area contributed by atoms with E-state index in [2.05, 4.69) is 5.32 Å². The first-order valence-electron chi connectivity index (χ1n) is 6.28. The Balaban J connectivity index is 1.91. The van der Waals surface area contributed by atoms with Gasteiger partial charge in [0.1, 0.15) is 0 Å². The average Bonchev–Trinajstić information content (AvgIpc) is 2.40. The minimum atomic E-state index is 0.246. The van der Waals surface area contributed by atoms with Crippen LogP contribution in [0.1, 0.15) is 18.4 Å². The highest BCUT2D eigenvalue weighted by molar-refractivity contribution is 5.78. The lowest BCUT2D eigenvalue weighted by Crippen LogP contribution is -2.47. The van der Waals surface area contributed by atoms with Crippen LogP contribution < -0.4 is 5.32 Å². The standard InChI is InChI=1S/C14H20N2O/c1-15-13-8-5-9-16(11-13)14(17)10-12-6-3-2-4-7-12/h2-4,6-7,13,15H,5,8-11H2,1H3. The largest absolute Gasteiger partial charge is 0.341 e. The van der Waals surface area contributed by atoms with Crippen molar-refractivity contribution >= 4 is 5.91 Å². The van der Waals surface area contributed by atoms with Gasteiger partial charge in [0.25, 0.3) is 0 Å². The van der Waals surface area contributed by atoms with Gasteiger partial charge in [0.2, 0.25) is 5.91 Å². The van der Waals surface area contributed by atoms with Gasteiger partial charge in [-0.2, -0.15) is 0 Å². The summed E-state index contributed by atoms with van der Waals surface area (Å²) in [6.45, 7) is 1.76. The van der Waals surface area contributed by atoms with Gasteiger partial charge in [0.15, 0.2) is 0 Å². The Morgan fingerprint density at radius 3 is 2.88 bits per heavy atom. The third-order valence-corrected chi connectivity index (χ3v) is 3.38. The molecule has 1 aliphatic heterocycles. The Labute approximate surface area is 103 Å². The molecule has 1 aromatic carbocycles. The Morgan fingerprint density at radius 1 is 1.41 bits per heavy atom. The van der Waals surface area contributed by atoms with Gasteiger partial charge in [-0.05, 0) is 25.5 Å². The fourth-order valence-electron chi connectivity index (χ4n) is 2.32. The molecule has 1 fully saturated rings. The van der Waals surface area contributed by atoms with E-state index < -0.39 is 0 Å². The molecule has 92 valence electrons. The average molecular weight is 232 g/mol. The van der Waals surface area contributed by atoms with Crippen LogP contribution in [0, 0.1) is 0 Å². The van der Waals surface area contributed by atoms with Crippen LogP contribution in [0.15, 0.2) is 30.3 Å². The van der Waals surface area contributed by atoms with E-state index in [4.69, 9.17) is 0 Å². The van der Waals surface area contributed by atoms with E-state index in [1.807, 2.05) is 42.3 Å². The maximum atomic E-state index is 12.1. The molecule has 1 aliphatic rings. The quantitative estimate of drug-likeness (QED) is 0.855. The number of piperidine rings is 1. The molecule has 1 amide bonds. The summed E-state index contributed by atoms with van der Waals surface area (Å²) in [6, 6.07) is 10.4. The summed E-state index contributed by atoms with van der Waals surface area (Å²) >= 11 is 0. The number of benzene rings is 1. The first kappa shape index (κ1) is 12.1. The molecular formula is C14H20N2O. The fourth-order valence-corrected chi connectivity index (χ4v) is 2.32. The van der Waals surface area contributed by atoms with Gasteiger partial charge < -0.3 is 10.2 Å². The van der Waals surface area contributed by atoms with Crippen molar-refractivity contribution in [3.05, 3.63) is 35.9 Å². The van der Waals surface area contributed by atoms with Gasteiger partial charge >= 0.3 is 0 Å². The summed E-state index contributed by atoms with van der Waals surface area (Å²) in [4.78, 5) is 14.1. The predicted molar refractivity (Wildman–Crippen MR) is 68.8 cm³/mol. The molecule has 1 heterocycles. The number of likely N-dealkylation sites (tertiary alicyclic amines) is 1. The third kappa shape index (κ3) is 3.30. The summed E-state index contributed by atoms with van der Waals surface area (Å²) in [7, 11) is 1.97. The van der Waals surface area contributed by atoms with E-state index in [1.165, 1.54) is 6.42 Å². The molecule has 1 saturated heterocycles. The lowest BCUT2D eigenvalue weighted by molar-refractivity contribution is -0.131. The molecule has 1 unspecified atom stereocenters. The topological polar surface area (TPSA) is 32.3 Å². The van der Waals surface area contributed by atoms with E-state index in [9.17, 15) is 4.79 Å². The van der Waals surface area contributed by atoms with Crippen molar-refractivity contribution < 1.29 is 4.79 Å². The zero-order chi connectivity index (χ0) is 12.1. The molecule has 0 bridgehead atoms. The second-order valence-electron chi connectivity index (χ2n) is 4.63. The van der Waals surface area contributed by atoms with Gasteiger partial charge in [0, 0.05) is 19.1 Å². The SMILES string of the molecule is CNC1CCCN(C(=O)Cc2ccccc2)C1. The van der Waals surface area contributed by atoms with Crippen LogP contribution in [0.4, 0.5) is 0 Å². The van der Waals surface area contributed by atoms with Crippen molar-refractivity contribution in [2.24, 2.45) is 0 Å². The molecule has 1 N–H and O–H groups in total. The maximum absolute atomic E-state index is 12.1. The number of carbonyl (C=O) groups excluding carboxylic acids is 1. The first-order valence-corrected chi connectivity index (χ1v) is 6.28. The van der Waals surface area contributed by atoms with Crippen LogP contribution >= 0.6 is 0 Å². The highest BCUT2D eigenvalue weighted by atomic mass is 16.2. The zero-order valence-corrected chi connectivity index (χ0v) is 10.4. The smallest absolute Gasteiger partial charge is 0.227 e. The molecular weight excluding hydrogens is 212 g/mol. The van der Waals surface area contributed by atoms with Gasteiger partial charge in [-0.1, -0.05) is 30.3 Å². The Kier molecular flexibility index (Phi) is 4.15. The molecule has 0 saturated carbocycles. The van der Waals surface area contributed by atoms with Crippen molar-refractivity contribution in [2.45, 2.75) is 25.3 Å². The highest BCUT2D eigenvalue weighted by Crippen LogP contribution is 2.11. The fraction of sp³-hybridized carbons (Fsp3) is 0.500. The van der Waals surface area contributed by atoms with Crippen molar-refractivity contribution in [1.82, 2.24) is 10.2 Å². The lowest BCUT2D eigenvalue weighted by atomic mass is 10.0. The van der Waals surface area contributed by atoms with Gasteiger partial charge in [-0.3, -0.25) is 4.79 Å². The summed E-state index contributed by atoms with van der Waals surface area (Å²) in [6.07, 6.45) is 2.80. The van der Waals surface area contributed by atoms with E-state index in [-0.39, 0.29) is 5.91 Å². The van der Waals surface area contributed by atoms with Crippen LogP contribution in [0.5, 0.6) is 0 Å². The van der Waals surface area contributed by atoms with Crippen LogP contribution in [0.25, 0.3) is 0 Å². The molecule has 0 radical (unpaired) electrons. The van der Waals surface area contributed by atoms with Crippen LogP contribution in [0.2, 0.25) is 0 Å². The number of hydrogen-bond donors (Lipinski definition) is 1. The summed E-state index contributed by atoms with van der Waals surface area (Å²) in [5.41, 5.74) is 1.10. The molecule has 3 heteroatoms. The summed E-state index contributed by atoms with van der Waals surface area (Å²) in [5, 5.41) is 3.26. The van der Waals surface area contributed by atoms with Crippen molar-refractivity contribution in [3.8, 4) is 0 Å². The molecule has 0 spiro atoms. The maximum Gasteiger partial charge on any atom is 0.227 e. The molecule has 0 aliphatic carbocycles. The minimum absolute atomic E-state index is 0.246. The van der Waals surface area contributed by atoms with Gasteiger partial charge in [-0.15, -0.1) is 0 Å². The second-order valence-corrected chi connectivity index (χ2v) is 4.63. The van der Waals surface area contributed by atoms with Crippen LogP contribution in [-0.4, -0.2) is 37.0 Å². The van der Waals surface area contributed by atoms with Crippen LogP contribution in [0.3, 0.4) is 0 Å². The molecule has 3 nitrogen and oxygen atoms in total. The first-order chi connectivity index (χ1) is 8.29. The third-order valence-electron chi connectivity index (χ3n) is 3.38. The molecule has 2 rings (SSSR count). The van der Waals surface area contributed by atoms with Crippen molar-refractivity contribution in [1.29, 1.82) is 0 Å². The summed E-state index contributed by atoms with van der Waals surface area (Å²) < 4.78 is 0. The van der Waals surface area contributed by atoms with Crippen molar-refractivity contribution in [3.63, 3.8) is 0 Å². The van der Waals surface area contributed by atoms with Crippen molar-refractivity contribution in [2.75, 3.05) is 20.1 Å². The predicted octanol–water partition coefficient (Wildman–Crippen LogP) is 1.44. The van der Waals surface area contributed by atoms with E-state index >= 15 is 0 Å². The van der Waals surface area contributed by atoms with Gasteiger partial charge in [0.05, 0.1) is 6.42 Å². The number of carbonyl (C=O) groups is 1. The summed E-state index contributed by atoms with van der Waals surface area (Å²) in [5.74, 6) is 0.246. The monoisotopic (exact) mass is 232 g/mol. The number of nitrogens with one attached hydrogen (secondary N) is 1. The number of nitrogens with zero attached hydrogens (tertiary/aromatic N) is 1. The van der Waals surface area contributed by atoms with E-state index in [0.29, 0.717) is 12.5 Å². The zero-order valence-electron chi connectivity index (χ0n) is 10.4. The number of amides is 1. The molecule has 1 atom stereocenters. The number of hydrogen-bond acceptors (Lipinski definition) is 2. The molecule has 17 heavy (non-hydrogen) atoms. The van der Waals surface area contributed by atoms with Crippen LogP contribution in [-0.2, 0) is 11.2 Å². The normalized spacial score (nSPS) is 20.3. The second kappa shape index (κ2) is 5.82. The molecule has 1 aromatic rings. The number of likely N-dealkylation sites (N-methyl/N-ethyl adjacent to an activating group) is 1. The highest BCUT2D eigenvalue weighted by Gasteiger charge is 2.22. The van der Waals surface area contributed by atoms with E-state index in [1.54, 1.807) is 0 Å². The lowest BCUT2D eigenvalue weighted by Gasteiger charge is -2.32. The molecule has 0 aromatic heterocycles. The van der Waals surface area contributed by atoms with E-state index in [0.717, 1.165) is 25.1 Å². The Morgan fingerprint density at radius 2 is 2.18 bits per heavy atom.